The molecule has 0 aliphatic carbocycles. The zero-order valence-electron chi connectivity index (χ0n) is 14.6. The topological polar surface area (TPSA) is 41.5 Å². The second kappa shape index (κ2) is 8.65. The fourth-order valence-electron chi connectivity index (χ4n) is 2.97. The smallest absolute Gasteiger partial charge is 0.124 e. The fourth-order valence-corrected chi connectivity index (χ4v) is 2.97. The van der Waals surface area contributed by atoms with Crippen molar-refractivity contribution in [3.05, 3.63) is 77.9 Å². The summed E-state index contributed by atoms with van der Waals surface area (Å²) in [4.78, 5) is 0. The molecule has 3 aromatic carbocycles. The van der Waals surface area contributed by atoms with Crippen LogP contribution in [0.25, 0.3) is 10.8 Å². The summed E-state index contributed by atoms with van der Waals surface area (Å²) in [6.45, 7) is 3.97. The van der Waals surface area contributed by atoms with Crippen LogP contribution < -0.4 is 10.1 Å². The van der Waals surface area contributed by atoms with Crippen molar-refractivity contribution in [1.29, 1.82) is 0 Å². The van der Waals surface area contributed by atoms with Gasteiger partial charge in [-0.1, -0.05) is 67.6 Å². The van der Waals surface area contributed by atoms with Crippen LogP contribution in [-0.4, -0.2) is 18.3 Å². The SMILES string of the molecule is CCCOc1ccc2ccccc2c1CNC[C@H](O)c1ccccc1. The van der Waals surface area contributed by atoms with Gasteiger partial charge in [-0.25, -0.2) is 0 Å². The van der Waals surface area contributed by atoms with Crippen LogP contribution in [0.5, 0.6) is 5.75 Å². The Morgan fingerprint density at radius 3 is 2.52 bits per heavy atom. The van der Waals surface area contributed by atoms with Gasteiger partial charge in [-0.15, -0.1) is 0 Å². The number of aliphatic hydroxyl groups is 1. The first-order valence-electron chi connectivity index (χ1n) is 8.86. The molecule has 0 saturated heterocycles. The Balaban J connectivity index is 1.75. The second-order valence-electron chi connectivity index (χ2n) is 6.17. The predicted molar refractivity (Wildman–Crippen MR) is 103 cm³/mol. The molecule has 3 nitrogen and oxygen atoms in total. The van der Waals surface area contributed by atoms with E-state index in [1.165, 1.54) is 10.8 Å². The fraction of sp³-hybridized carbons (Fsp3) is 0.273. The number of hydrogen-bond acceptors (Lipinski definition) is 3. The van der Waals surface area contributed by atoms with E-state index < -0.39 is 6.10 Å². The summed E-state index contributed by atoms with van der Waals surface area (Å²) < 4.78 is 5.93. The van der Waals surface area contributed by atoms with E-state index in [1.807, 2.05) is 48.5 Å². The first kappa shape index (κ1) is 17.5. The summed E-state index contributed by atoms with van der Waals surface area (Å²) in [5.74, 6) is 0.919. The molecule has 0 spiro atoms. The lowest BCUT2D eigenvalue weighted by atomic mass is 10.0. The van der Waals surface area contributed by atoms with E-state index in [0.29, 0.717) is 19.7 Å². The Hall–Kier alpha value is -2.36. The third-order valence-corrected chi connectivity index (χ3v) is 4.28. The minimum Gasteiger partial charge on any atom is -0.493 e. The van der Waals surface area contributed by atoms with Crippen LogP contribution in [0.1, 0.15) is 30.6 Å². The third kappa shape index (κ3) is 4.38. The monoisotopic (exact) mass is 335 g/mol. The van der Waals surface area contributed by atoms with Gasteiger partial charge in [0.15, 0.2) is 0 Å². The summed E-state index contributed by atoms with van der Waals surface area (Å²) in [6, 6.07) is 22.2. The molecule has 0 heterocycles. The Morgan fingerprint density at radius 2 is 1.72 bits per heavy atom. The highest BCUT2D eigenvalue weighted by Crippen LogP contribution is 2.28. The molecular weight excluding hydrogens is 310 g/mol. The molecule has 0 saturated carbocycles. The molecule has 1 atom stereocenters. The van der Waals surface area contributed by atoms with E-state index in [9.17, 15) is 5.11 Å². The van der Waals surface area contributed by atoms with E-state index in [0.717, 1.165) is 23.3 Å². The maximum absolute atomic E-state index is 10.3. The zero-order valence-corrected chi connectivity index (χ0v) is 14.6. The lowest BCUT2D eigenvalue weighted by molar-refractivity contribution is 0.174. The van der Waals surface area contributed by atoms with Gasteiger partial charge in [-0.05, 0) is 28.8 Å². The van der Waals surface area contributed by atoms with E-state index >= 15 is 0 Å². The Bertz CT molecular complexity index is 801. The quantitative estimate of drug-likeness (QED) is 0.639. The molecule has 0 unspecified atom stereocenters. The normalized spacial score (nSPS) is 12.2. The van der Waals surface area contributed by atoms with Crippen molar-refractivity contribution < 1.29 is 9.84 Å². The molecule has 3 aromatic rings. The van der Waals surface area contributed by atoms with Crippen LogP contribution in [0.4, 0.5) is 0 Å². The lowest BCUT2D eigenvalue weighted by Crippen LogP contribution is -2.21. The highest BCUT2D eigenvalue weighted by Gasteiger charge is 2.11. The van der Waals surface area contributed by atoms with Crippen LogP contribution in [0.15, 0.2) is 66.7 Å². The maximum atomic E-state index is 10.3. The van der Waals surface area contributed by atoms with Crippen molar-refractivity contribution in [2.24, 2.45) is 0 Å². The predicted octanol–water partition coefficient (Wildman–Crippen LogP) is 4.45. The van der Waals surface area contributed by atoms with E-state index in [1.54, 1.807) is 0 Å². The van der Waals surface area contributed by atoms with Crippen molar-refractivity contribution in [1.82, 2.24) is 5.32 Å². The first-order chi connectivity index (χ1) is 12.3. The van der Waals surface area contributed by atoms with Gasteiger partial charge in [0.1, 0.15) is 5.75 Å². The summed E-state index contributed by atoms with van der Waals surface area (Å²) in [7, 11) is 0. The van der Waals surface area contributed by atoms with E-state index in [4.69, 9.17) is 4.74 Å². The number of fused-ring (bicyclic) bond motifs is 1. The number of nitrogens with one attached hydrogen (secondary N) is 1. The van der Waals surface area contributed by atoms with Crippen LogP contribution in [0, 0.1) is 0 Å². The third-order valence-electron chi connectivity index (χ3n) is 4.28. The largest absolute Gasteiger partial charge is 0.493 e. The molecule has 0 radical (unpaired) electrons. The molecule has 2 N–H and O–H groups in total. The van der Waals surface area contributed by atoms with Crippen LogP contribution >= 0.6 is 0 Å². The highest BCUT2D eigenvalue weighted by molar-refractivity contribution is 5.87. The standard InChI is InChI=1S/C22H25NO2/c1-2-14-25-22-13-12-17-8-6-7-11-19(17)20(22)15-23-16-21(24)18-9-4-3-5-10-18/h3-13,21,23-24H,2,14-16H2,1H3/t21-/m0/s1. The van der Waals surface area contributed by atoms with Crippen molar-refractivity contribution in [2.45, 2.75) is 26.0 Å². The molecule has 0 bridgehead atoms. The van der Waals surface area contributed by atoms with Gasteiger partial charge in [0, 0.05) is 18.7 Å². The van der Waals surface area contributed by atoms with Crippen molar-refractivity contribution in [2.75, 3.05) is 13.2 Å². The molecule has 25 heavy (non-hydrogen) atoms. The molecule has 0 amide bonds. The molecule has 0 aliphatic rings. The average Bonchev–Trinajstić information content (AvgIpc) is 2.67. The number of benzene rings is 3. The van der Waals surface area contributed by atoms with Gasteiger partial charge in [0.25, 0.3) is 0 Å². The molecular formula is C22H25NO2. The summed E-state index contributed by atoms with van der Waals surface area (Å²) in [5, 5.41) is 16.1. The van der Waals surface area contributed by atoms with Crippen molar-refractivity contribution in [3.63, 3.8) is 0 Å². The highest BCUT2D eigenvalue weighted by atomic mass is 16.5. The van der Waals surface area contributed by atoms with E-state index in [2.05, 4.69) is 30.4 Å². The van der Waals surface area contributed by atoms with E-state index in [-0.39, 0.29) is 0 Å². The minimum absolute atomic E-state index is 0.500. The van der Waals surface area contributed by atoms with Crippen molar-refractivity contribution in [3.8, 4) is 5.75 Å². The summed E-state index contributed by atoms with van der Waals surface area (Å²) in [5.41, 5.74) is 2.07. The number of ether oxygens (including phenoxy) is 1. The molecule has 0 aliphatic heterocycles. The van der Waals surface area contributed by atoms with Crippen LogP contribution in [0.2, 0.25) is 0 Å². The summed E-state index contributed by atoms with van der Waals surface area (Å²) >= 11 is 0. The number of aliphatic hydroxyl groups excluding tert-OH is 1. The van der Waals surface area contributed by atoms with Gasteiger partial charge in [-0.2, -0.15) is 0 Å². The van der Waals surface area contributed by atoms with Gasteiger partial charge in [0.05, 0.1) is 12.7 Å². The van der Waals surface area contributed by atoms with Crippen LogP contribution in [-0.2, 0) is 6.54 Å². The maximum Gasteiger partial charge on any atom is 0.124 e. The van der Waals surface area contributed by atoms with Crippen LogP contribution in [0.3, 0.4) is 0 Å². The molecule has 3 rings (SSSR count). The summed E-state index contributed by atoms with van der Waals surface area (Å²) in [6.07, 6.45) is 0.461. The Labute approximate surface area is 149 Å². The van der Waals surface area contributed by atoms with Gasteiger partial charge < -0.3 is 15.2 Å². The Morgan fingerprint density at radius 1 is 0.960 bits per heavy atom. The molecule has 0 aromatic heterocycles. The zero-order chi connectivity index (χ0) is 17.5. The van der Waals surface area contributed by atoms with Gasteiger partial charge in [0.2, 0.25) is 0 Å². The van der Waals surface area contributed by atoms with Crippen molar-refractivity contribution >= 4 is 10.8 Å². The lowest BCUT2D eigenvalue weighted by Gasteiger charge is -2.16. The number of rotatable bonds is 8. The van der Waals surface area contributed by atoms with Gasteiger partial charge in [-0.3, -0.25) is 0 Å². The Kier molecular flexibility index (Phi) is 6.04. The van der Waals surface area contributed by atoms with Gasteiger partial charge >= 0.3 is 0 Å². The number of hydrogen-bond donors (Lipinski definition) is 2. The molecule has 130 valence electrons. The molecule has 0 fully saturated rings. The first-order valence-corrected chi connectivity index (χ1v) is 8.86. The minimum atomic E-state index is -0.517. The average molecular weight is 335 g/mol. The molecule has 3 heteroatoms. The second-order valence-corrected chi connectivity index (χ2v) is 6.17.